The van der Waals surface area contributed by atoms with Gasteiger partial charge >= 0.3 is 5.97 Å². The van der Waals surface area contributed by atoms with Gasteiger partial charge in [-0.25, -0.2) is 0 Å². The van der Waals surface area contributed by atoms with Crippen LogP contribution in [0.4, 0.5) is 0 Å². The van der Waals surface area contributed by atoms with E-state index in [2.05, 4.69) is 26.0 Å². The van der Waals surface area contributed by atoms with Crippen molar-refractivity contribution >= 4 is 17.6 Å². The summed E-state index contributed by atoms with van der Waals surface area (Å²) in [5.74, 6) is -0.225. The van der Waals surface area contributed by atoms with Crippen LogP contribution in [0.2, 0.25) is 5.02 Å². The fraction of sp³-hybridized carbons (Fsp3) is 0.387. The number of halogens is 1. The van der Waals surface area contributed by atoms with Gasteiger partial charge in [0.05, 0.1) is 39.0 Å². The molecule has 5 nitrogen and oxygen atoms in total. The van der Waals surface area contributed by atoms with E-state index >= 15 is 0 Å². The molecule has 0 radical (unpaired) electrons. The number of benzene rings is 3. The van der Waals surface area contributed by atoms with Crippen molar-refractivity contribution in [2.45, 2.75) is 64.3 Å². The van der Waals surface area contributed by atoms with Crippen molar-refractivity contribution in [3.63, 3.8) is 0 Å². The highest BCUT2D eigenvalue weighted by molar-refractivity contribution is 6.31. The number of hydrogen-bond donors (Lipinski definition) is 0. The zero-order valence-corrected chi connectivity index (χ0v) is 22.4. The molecule has 0 aliphatic carbocycles. The van der Waals surface area contributed by atoms with Gasteiger partial charge in [-0.3, -0.25) is 4.79 Å². The third kappa shape index (κ3) is 6.99. The molecule has 0 saturated carbocycles. The molecule has 3 aromatic carbocycles. The van der Waals surface area contributed by atoms with Crippen molar-refractivity contribution in [1.29, 1.82) is 0 Å². The molecule has 0 unspecified atom stereocenters. The molecule has 1 aliphatic rings. The average molecular weight is 523 g/mol. The van der Waals surface area contributed by atoms with E-state index in [-0.39, 0.29) is 42.7 Å². The van der Waals surface area contributed by atoms with Gasteiger partial charge in [-0.05, 0) is 34.7 Å². The van der Waals surface area contributed by atoms with E-state index in [0.717, 1.165) is 23.1 Å². The third-order valence-electron chi connectivity index (χ3n) is 6.98. The molecule has 4 rings (SSSR count). The van der Waals surface area contributed by atoms with Crippen LogP contribution in [-0.2, 0) is 43.4 Å². The summed E-state index contributed by atoms with van der Waals surface area (Å²) < 4.78 is 24.7. The zero-order chi connectivity index (χ0) is 26.2. The van der Waals surface area contributed by atoms with Crippen LogP contribution in [0.3, 0.4) is 0 Å². The lowest BCUT2D eigenvalue weighted by molar-refractivity contribution is -0.234. The van der Waals surface area contributed by atoms with Crippen molar-refractivity contribution < 1.29 is 23.7 Å². The van der Waals surface area contributed by atoms with Crippen LogP contribution < -0.4 is 0 Å². The Morgan fingerprint density at radius 2 is 1.49 bits per heavy atom. The number of methoxy groups -OCH3 is 1. The molecule has 1 fully saturated rings. The minimum Gasteiger partial charge on any atom is -0.469 e. The molecule has 37 heavy (non-hydrogen) atoms. The van der Waals surface area contributed by atoms with Gasteiger partial charge in [-0.1, -0.05) is 98.2 Å². The molecular formula is C31H35ClO5. The average Bonchev–Trinajstić information content (AvgIpc) is 2.93. The van der Waals surface area contributed by atoms with Crippen molar-refractivity contribution in [3.8, 4) is 0 Å². The Hall–Kier alpha value is -2.70. The van der Waals surface area contributed by atoms with Crippen LogP contribution in [0.25, 0.3) is 0 Å². The summed E-state index contributed by atoms with van der Waals surface area (Å²) >= 11 is 6.43. The lowest BCUT2D eigenvalue weighted by Gasteiger charge is -2.46. The smallest absolute Gasteiger partial charge is 0.310 e. The third-order valence-corrected chi connectivity index (χ3v) is 7.35. The Kier molecular flexibility index (Phi) is 9.75. The predicted octanol–water partition coefficient (Wildman–Crippen LogP) is 6.71. The highest BCUT2D eigenvalue weighted by atomic mass is 35.5. The molecule has 1 saturated heterocycles. The van der Waals surface area contributed by atoms with Crippen molar-refractivity contribution in [2.24, 2.45) is 5.92 Å². The number of rotatable bonds is 10. The molecule has 0 N–H and O–H groups in total. The summed E-state index contributed by atoms with van der Waals surface area (Å²) in [5, 5.41) is 0.518. The first-order valence-electron chi connectivity index (χ1n) is 12.8. The molecule has 3 aromatic rings. The lowest BCUT2D eigenvalue weighted by atomic mass is 9.84. The second-order valence-corrected chi connectivity index (χ2v) is 9.90. The summed E-state index contributed by atoms with van der Waals surface area (Å²) in [4.78, 5) is 12.0. The van der Waals surface area contributed by atoms with Gasteiger partial charge < -0.3 is 18.9 Å². The molecular weight excluding hydrogens is 488 g/mol. The quantitative estimate of drug-likeness (QED) is 0.277. The van der Waals surface area contributed by atoms with Gasteiger partial charge in [-0.15, -0.1) is 0 Å². The molecule has 0 spiro atoms. The molecule has 6 heteroatoms. The largest absolute Gasteiger partial charge is 0.469 e. The van der Waals surface area contributed by atoms with Gasteiger partial charge in [0.2, 0.25) is 0 Å². The fourth-order valence-corrected chi connectivity index (χ4v) is 5.09. The van der Waals surface area contributed by atoms with E-state index < -0.39 is 0 Å². The standard InChI is InChI=1S/C31H35ClO5/c1-4-27-21(2)29(35-19-22-11-7-5-8-12-22)31(36-20-23-13-9-6-10-14-23)30(37-27)24-15-16-26(32)25(17-24)18-28(33)34-3/h5-17,21,27,29-31H,4,18-20H2,1-3H3/t21-,27-,29+,30+,31-/m1/s1. The summed E-state index contributed by atoms with van der Waals surface area (Å²) in [6.45, 7) is 5.22. The van der Waals surface area contributed by atoms with Gasteiger partial charge in [0.15, 0.2) is 0 Å². The molecule has 0 amide bonds. The maximum Gasteiger partial charge on any atom is 0.310 e. The van der Waals surface area contributed by atoms with E-state index in [1.807, 2.05) is 66.7 Å². The van der Waals surface area contributed by atoms with Crippen LogP contribution in [-0.4, -0.2) is 31.4 Å². The second-order valence-electron chi connectivity index (χ2n) is 9.49. The summed E-state index contributed by atoms with van der Waals surface area (Å²) in [6.07, 6.45) is -0.0354. The van der Waals surface area contributed by atoms with Gasteiger partial charge in [0.25, 0.3) is 0 Å². The fourth-order valence-electron chi connectivity index (χ4n) is 4.91. The lowest BCUT2D eigenvalue weighted by Crippen LogP contribution is -2.51. The Balaban J connectivity index is 1.67. The van der Waals surface area contributed by atoms with E-state index in [1.165, 1.54) is 7.11 Å². The topological polar surface area (TPSA) is 54.0 Å². The Bertz CT molecular complexity index is 1140. The minimum absolute atomic E-state index is 0.0120. The van der Waals surface area contributed by atoms with Gasteiger partial charge in [0, 0.05) is 10.9 Å². The number of esters is 1. The number of ether oxygens (including phenoxy) is 4. The van der Waals surface area contributed by atoms with Crippen molar-refractivity contribution in [1.82, 2.24) is 0 Å². The van der Waals surface area contributed by atoms with E-state index in [9.17, 15) is 4.79 Å². The number of hydrogen-bond acceptors (Lipinski definition) is 5. The van der Waals surface area contributed by atoms with Gasteiger partial charge in [-0.2, -0.15) is 0 Å². The Labute approximate surface area is 224 Å². The molecule has 5 atom stereocenters. The number of carbonyl (C=O) groups excluding carboxylic acids is 1. The molecule has 0 bridgehead atoms. The zero-order valence-electron chi connectivity index (χ0n) is 21.6. The van der Waals surface area contributed by atoms with Crippen LogP contribution >= 0.6 is 11.6 Å². The van der Waals surface area contributed by atoms with Crippen molar-refractivity contribution in [3.05, 3.63) is 106 Å². The van der Waals surface area contributed by atoms with Crippen LogP contribution in [0, 0.1) is 5.92 Å². The molecule has 196 valence electrons. The normalized spacial score (nSPS) is 23.5. The first kappa shape index (κ1) is 27.3. The molecule has 0 aromatic heterocycles. The highest BCUT2D eigenvalue weighted by Gasteiger charge is 2.45. The number of carbonyl (C=O) groups is 1. The van der Waals surface area contributed by atoms with E-state index in [4.69, 9.17) is 30.5 Å². The van der Waals surface area contributed by atoms with Crippen LogP contribution in [0.1, 0.15) is 48.6 Å². The summed E-state index contributed by atoms with van der Waals surface area (Å²) in [5.41, 5.74) is 3.79. The van der Waals surface area contributed by atoms with Crippen LogP contribution in [0.5, 0.6) is 0 Å². The first-order chi connectivity index (χ1) is 18.0. The Morgan fingerprint density at radius 1 is 0.892 bits per heavy atom. The summed E-state index contributed by atoms with van der Waals surface area (Å²) in [6, 6.07) is 26.0. The van der Waals surface area contributed by atoms with Crippen molar-refractivity contribution in [2.75, 3.05) is 7.11 Å². The molecule has 1 aliphatic heterocycles. The minimum atomic E-state index is -0.390. The highest BCUT2D eigenvalue weighted by Crippen LogP contribution is 2.41. The molecule has 1 heterocycles. The monoisotopic (exact) mass is 522 g/mol. The first-order valence-corrected chi connectivity index (χ1v) is 13.2. The summed E-state index contributed by atoms with van der Waals surface area (Å²) in [7, 11) is 1.37. The second kappa shape index (κ2) is 13.2. The predicted molar refractivity (Wildman–Crippen MR) is 144 cm³/mol. The van der Waals surface area contributed by atoms with E-state index in [1.54, 1.807) is 0 Å². The van der Waals surface area contributed by atoms with E-state index in [0.29, 0.717) is 23.8 Å². The SMILES string of the molecule is CC[C@H]1O[C@@H](c2ccc(Cl)c(CC(=O)OC)c2)[C@H](OCc2ccccc2)[C@@H](OCc2ccccc2)[C@@H]1C. The van der Waals surface area contributed by atoms with Gasteiger partial charge in [0.1, 0.15) is 12.2 Å². The Morgan fingerprint density at radius 3 is 2.05 bits per heavy atom. The maximum atomic E-state index is 12.0. The van der Waals surface area contributed by atoms with Crippen LogP contribution in [0.15, 0.2) is 78.9 Å². The maximum absolute atomic E-state index is 12.0.